The van der Waals surface area contributed by atoms with E-state index >= 15 is 0 Å². The van der Waals surface area contributed by atoms with E-state index in [0.29, 0.717) is 17.2 Å². The fourth-order valence-corrected chi connectivity index (χ4v) is 2.02. The fourth-order valence-electron chi connectivity index (χ4n) is 1.90. The molecule has 0 saturated heterocycles. The molecule has 7 heteroatoms. The summed E-state index contributed by atoms with van der Waals surface area (Å²) in [6.45, 7) is 0.605. The molecule has 122 valence electrons. The van der Waals surface area contributed by atoms with Crippen molar-refractivity contribution in [1.82, 2.24) is 10.7 Å². The molecule has 2 N–H and O–H groups in total. The van der Waals surface area contributed by atoms with Crippen molar-refractivity contribution < 1.29 is 4.92 Å². The Kier molecular flexibility index (Phi) is 6.60. The Balaban J connectivity index is 1.80. The molecule has 0 amide bonds. The van der Waals surface area contributed by atoms with Crippen LogP contribution < -0.4 is 10.7 Å². The zero-order chi connectivity index (χ0) is 17.2. The number of nitro benzene ring substituents is 1. The molecule has 0 aliphatic carbocycles. The molecule has 0 bridgehead atoms. The molecule has 0 heterocycles. The van der Waals surface area contributed by atoms with Crippen LogP contribution in [0.5, 0.6) is 0 Å². The molecular formula is C17H16N4O2S. The van der Waals surface area contributed by atoms with Crippen LogP contribution in [0, 0.1) is 10.1 Å². The molecule has 0 radical (unpaired) electrons. The number of para-hydroxylation sites is 1. The van der Waals surface area contributed by atoms with Gasteiger partial charge in [-0.05, 0) is 36.0 Å². The first-order valence-corrected chi connectivity index (χ1v) is 7.58. The van der Waals surface area contributed by atoms with Crippen molar-refractivity contribution >= 4 is 35.3 Å². The van der Waals surface area contributed by atoms with Crippen LogP contribution in [0.25, 0.3) is 6.08 Å². The van der Waals surface area contributed by atoms with E-state index in [0.717, 1.165) is 5.56 Å². The van der Waals surface area contributed by atoms with Gasteiger partial charge >= 0.3 is 0 Å². The third-order valence-electron chi connectivity index (χ3n) is 3.03. The number of hydrogen-bond donors (Lipinski definition) is 2. The summed E-state index contributed by atoms with van der Waals surface area (Å²) >= 11 is 5.10. The van der Waals surface area contributed by atoms with Crippen molar-refractivity contribution in [2.24, 2.45) is 5.10 Å². The maximum absolute atomic E-state index is 10.9. The van der Waals surface area contributed by atoms with Crippen LogP contribution in [-0.2, 0) is 6.54 Å². The van der Waals surface area contributed by atoms with E-state index in [-0.39, 0.29) is 5.69 Å². The summed E-state index contributed by atoms with van der Waals surface area (Å²) in [4.78, 5) is 10.5. The van der Waals surface area contributed by atoms with Gasteiger partial charge in [0.25, 0.3) is 5.69 Å². The van der Waals surface area contributed by atoms with E-state index < -0.39 is 4.92 Å². The molecule has 0 unspecified atom stereocenters. The van der Waals surface area contributed by atoms with Crippen LogP contribution in [-0.4, -0.2) is 16.3 Å². The minimum absolute atomic E-state index is 0.0511. The summed E-state index contributed by atoms with van der Waals surface area (Å²) in [6, 6.07) is 16.3. The van der Waals surface area contributed by atoms with Gasteiger partial charge in [-0.3, -0.25) is 15.5 Å². The molecule has 0 aliphatic rings. The smallest absolute Gasteiger partial charge is 0.276 e. The highest BCUT2D eigenvalue weighted by Crippen LogP contribution is 2.18. The van der Waals surface area contributed by atoms with E-state index in [1.54, 1.807) is 30.4 Å². The summed E-state index contributed by atoms with van der Waals surface area (Å²) in [5.74, 6) is 0. The maximum Gasteiger partial charge on any atom is 0.276 e. The molecule has 2 aromatic carbocycles. The first-order valence-electron chi connectivity index (χ1n) is 7.18. The fraction of sp³-hybridized carbons (Fsp3) is 0.0588. The Morgan fingerprint density at radius 3 is 2.62 bits per heavy atom. The number of nitrogens with zero attached hydrogens (tertiary/aromatic N) is 2. The second-order valence-corrected chi connectivity index (χ2v) is 5.14. The van der Waals surface area contributed by atoms with Crippen molar-refractivity contribution in [3.05, 3.63) is 81.9 Å². The van der Waals surface area contributed by atoms with Gasteiger partial charge in [-0.15, -0.1) is 0 Å². The summed E-state index contributed by atoms with van der Waals surface area (Å²) in [6.07, 6.45) is 4.70. The predicted octanol–water partition coefficient (Wildman–Crippen LogP) is 3.26. The molecular weight excluding hydrogens is 324 g/mol. The SMILES string of the molecule is O=[N+]([O-])c1ccccc1/C=C/C=N\NC(=S)NCc1ccccc1. The minimum atomic E-state index is -0.419. The van der Waals surface area contributed by atoms with Gasteiger partial charge in [-0.25, -0.2) is 0 Å². The second kappa shape index (κ2) is 9.16. The Hall–Kier alpha value is -3.06. The number of benzene rings is 2. The van der Waals surface area contributed by atoms with Crippen molar-refractivity contribution in [1.29, 1.82) is 0 Å². The molecule has 0 aliphatic heterocycles. The van der Waals surface area contributed by atoms with E-state index in [9.17, 15) is 10.1 Å². The van der Waals surface area contributed by atoms with Gasteiger partial charge in [-0.1, -0.05) is 42.5 Å². The van der Waals surface area contributed by atoms with Crippen molar-refractivity contribution in [3.63, 3.8) is 0 Å². The van der Waals surface area contributed by atoms with Gasteiger partial charge in [0.1, 0.15) is 0 Å². The van der Waals surface area contributed by atoms with Gasteiger partial charge in [0, 0.05) is 18.8 Å². The Labute approximate surface area is 145 Å². The van der Waals surface area contributed by atoms with E-state index in [2.05, 4.69) is 15.8 Å². The molecule has 24 heavy (non-hydrogen) atoms. The van der Waals surface area contributed by atoms with Crippen LogP contribution in [0.2, 0.25) is 0 Å². The lowest BCUT2D eigenvalue weighted by atomic mass is 10.2. The second-order valence-electron chi connectivity index (χ2n) is 4.73. The van der Waals surface area contributed by atoms with Gasteiger partial charge in [-0.2, -0.15) is 5.10 Å². The number of rotatable bonds is 6. The van der Waals surface area contributed by atoms with E-state index in [4.69, 9.17) is 12.2 Å². The number of nitro groups is 1. The zero-order valence-corrected chi connectivity index (χ0v) is 13.6. The number of hydrazone groups is 1. The van der Waals surface area contributed by atoms with Gasteiger partial charge in [0.05, 0.1) is 10.5 Å². The monoisotopic (exact) mass is 340 g/mol. The lowest BCUT2D eigenvalue weighted by molar-refractivity contribution is -0.385. The molecule has 0 aromatic heterocycles. The molecule has 0 spiro atoms. The summed E-state index contributed by atoms with van der Waals surface area (Å²) < 4.78 is 0. The van der Waals surface area contributed by atoms with Crippen molar-refractivity contribution in [3.8, 4) is 0 Å². The minimum Gasteiger partial charge on any atom is -0.357 e. The topological polar surface area (TPSA) is 79.6 Å². The highest BCUT2D eigenvalue weighted by molar-refractivity contribution is 7.80. The highest BCUT2D eigenvalue weighted by Gasteiger charge is 2.08. The average Bonchev–Trinajstić information content (AvgIpc) is 2.61. The number of nitrogens with one attached hydrogen (secondary N) is 2. The first-order chi connectivity index (χ1) is 11.7. The Morgan fingerprint density at radius 1 is 1.17 bits per heavy atom. The van der Waals surface area contributed by atoms with Gasteiger partial charge < -0.3 is 5.32 Å². The quantitative estimate of drug-likeness (QED) is 0.365. The van der Waals surface area contributed by atoms with Crippen molar-refractivity contribution in [2.75, 3.05) is 0 Å². The lowest BCUT2D eigenvalue weighted by Gasteiger charge is -2.06. The molecule has 0 atom stereocenters. The summed E-state index contributed by atoms with van der Waals surface area (Å²) in [5, 5.41) is 18.2. The van der Waals surface area contributed by atoms with Gasteiger partial charge in [0.15, 0.2) is 5.11 Å². The van der Waals surface area contributed by atoms with Crippen molar-refractivity contribution in [2.45, 2.75) is 6.54 Å². The molecule has 6 nitrogen and oxygen atoms in total. The number of allylic oxidation sites excluding steroid dienone is 1. The maximum atomic E-state index is 10.9. The lowest BCUT2D eigenvalue weighted by Crippen LogP contribution is -2.31. The average molecular weight is 340 g/mol. The predicted molar refractivity (Wildman–Crippen MR) is 99.6 cm³/mol. The summed E-state index contributed by atoms with van der Waals surface area (Å²) in [7, 11) is 0. The largest absolute Gasteiger partial charge is 0.357 e. The number of thiocarbonyl (C=S) groups is 1. The third kappa shape index (κ3) is 5.62. The zero-order valence-electron chi connectivity index (χ0n) is 12.8. The van der Waals surface area contributed by atoms with E-state index in [1.165, 1.54) is 12.3 Å². The van der Waals surface area contributed by atoms with Crippen LogP contribution in [0.1, 0.15) is 11.1 Å². The molecule has 0 fully saturated rings. The normalized spacial score (nSPS) is 10.8. The van der Waals surface area contributed by atoms with Crippen LogP contribution in [0.4, 0.5) is 5.69 Å². The van der Waals surface area contributed by atoms with E-state index in [1.807, 2.05) is 30.3 Å². The van der Waals surface area contributed by atoms with Crippen LogP contribution in [0.3, 0.4) is 0 Å². The standard InChI is InChI=1S/C17H16N4O2S/c22-21(23)16-11-5-4-9-15(16)10-6-12-19-20-17(24)18-13-14-7-2-1-3-8-14/h1-12H,13H2,(H2,18,20,24)/b10-6+,19-12-. The van der Waals surface area contributed by atoms with Crippen LogP contribution in [0.15, 0.2) is 65.8 Å². The highest BCUT2D eigenvalue weighted by atomic mass is 32.1. The molecule has 0 saturated carbocycles. The Bertz CT molecular complexity index is 760. The van der Waals surface area contributed by atoms with Gasteiger partial charge in [0.2, 0.25) is 0 Å². The summed E-state index contributed by atoms with van der Waals surface area (Å²) in [5.41, 5.74) is 4.36. The third-order valence-corrected chi connectivity index (χ3v) is 3.27. The first kappa shape index (κ1) is 17.3. The molecule has 2 rings (SSSR count). The number of hydrogen-bond acceptors (Lipinski definition) is 4. The molecule has 2 aromatic rings. The Morgan fingerprint density at radius 2 is 1.88 bits per heavy atom. The van der Waals surface area contributed by atoms with Crippen LogP contribution >= 0.6 is 12.2 Å².